The van der Waals surface area contributed by atoms with Gasteiger partial charge in [-0.1, -0.05) is 61.2 Å². The van der Waals surface area contributed by atoms with Gasteiger partial charge in [0.15, 0.2) is 0 Å². The fraction of sp³-hybridized carbons (Fsp3) is 0.182. The molecular formula is C22H27OP. The lowest BCUT2D eigenvalue weighted by Crippen LogP contribution is -1.99. The van der Waals surface area contributed by atoms with Crippen LogP contribution in [0.2, 0.25) is 0 Å². The minimum atomic E-state index is 0.272. The molecule has 126 valence electrons. The standard InChI is InChI=1S/C22H27OP/c1-5-9-17(8-4)22(19-12-14-20(23)15-13-19)21(16-24)18(10-6-2)11-7-3/h5-15,23H,2,16,24H2,1,3-4H3/b9-5-,11-7-,17-8+,18-10+,22-21-. The number of hydrogen-bond donors (Lipinski definition) is 1. The van der Waals surface area contributed by atoms with Crippen molar-refractivity contribution in [1.29, 1.82) is 0 Å². The molecule has 1 rings (SSSR count). The van der Waals surface area contributed by atoms with Gasteiger partial charge in [0, 0.05) is 0 Å². The Kier molecular flexibility index (Phi) is 8.83. The number of phenolic OH excluding ortho intramolecular Hbond substituents is 1. The smallest absolute Gasteiger partial charge is 0.115 e. The van der Waals surface area contributed by atoms with Gasteiger partial charge in [-0.25, -0.2) is 0 Å². The van der Waals surface area contributed by atoms with Gasteiger partial charge in [0.05, 0.1) is 0 Å². The molecule has 1 N–H and O–H groups in total. The fourth-order valence-corrected chi connectivity index (χ4v) is 3.01. The molecule has 1 atom stereocenters. The van der Waals surface area contributed by atoms with Gasteiger partial charge < -0.3 is 5.11 Å². The number of phenols is 1. The predicted molar refractivity (Wildman–Crippen MR) is 111 cm³/mol. The molecule has 0 fully saturated rings. The van der Waals surface area contributed by atoms with Gasteiger partial charge in [-0.05, 0) is 66.9 Å². The summed E-state index contributed by atoms with van der Waals surface area (Å²) in [5, 5.41) is 9.63. The average molecular weight is 338 g/mol. The molecule has 0 saturated carbocycles. The first kappa shape index (κ1) is 19.9. The van der Waals surface area contributed by atoms with Crippen LogP contribution in [0, 0.1) is 0 Å². The predicted octanol–water partition coefficient (Wildman–Crippen LogP) is 6.23. The number of hydrogen-bond acceptors (Lipinski definition) is 1. The van der Waals surface area contributed by atoms with E-state index in [1.54, 1.807) is 12.1 Å². The summed E-state index contributed by atoms with van der Waals surface area (Å²) < 4.78 is 0. The molecule has 0 radical (unpaired) electrons. The molecule has 0 heterocycles. The zero-order valence-electron chi connectivity index (χ0n) is 14.8. The molecule has 0 amide bonds. The molecule has 0 bridgehead atoms. The summed E-state index contributed by atoms with van der Waals surface area (Å²) in [7, 11) is 2.83. The largest absolute Gasteiger partial charge is 0.508 e. The number of benzene rings is 1. The van der Waals surface area contributed by atoms with E-state index in [-0.39, 0.29) is 5.75 Å². The van der Waals surface area contributed by atoms with E-state index in [0.717, 1.165) is 28.4 Å². The highest BCUT2D eigenvalue weighted by atomic mass is 31.0. The average Bonchev–Trinajstić information content (AvgIpc) is 2.59. The third-order valence-electron chi connectivity index (χ3n) is 3.60. The van der Waals surface area contributed by atoms with E-state index in [0.29, 0.717) is 0 Å². The monoisotopic (exact) mass is 338 g/mol. The minimum absolute atomic E-state index is 0.272. The molecule has 1 aromatic carbocycles. The lowest BCUT2D eigenvalue weighted by atomic mass is 9.89. The number of rotatable bonds is 7. The van der Waals surface area contributed by atoms with Crippen LogP contribution < -0.4 is 0 Å². The van der Waals surface area contributed by atoms with Gasteiger partial charge in [-0.2, -0.15) is 0 Å². The van der Waals surface area contributed by atoms with E-state index in [4.69, 9.17) is 0 Å². The first-order chi connectivity index (χ1) is 11.6. The zero-order valence-corrected chi connectivity index (χ0v) is 15.9. The molecule has 0 saturated heterocycles. The van der Waals surface area contributed by atoms with Crippen LogP contribution in [-0.4, -0.2) is 11.3 Å². The Morgan fingerprint density at radius 2 is 1.62 bits per heavy atom. The molecule has 0 aliphatic rings. The second kappa shape index (κ2) is 10.6. The highest BCUT2D eigenvalue weighted by Crippen LogP contribution is 2.33. The van der Waals surface area contributed by atoms with E-state index in [1.165, 1.54) is 5.57 Å². The van der Waals surface area contributed by atoms with Crippen LogP contribution in [0.15, 0.2) is 90.1 Å². The Labute approximate surface area is 148 Å². The molecule has 0 aliphatic heterocycles. The molecule has 2 heteroatoms. The van der Waals surface area contributed by atoms with Gasteiger partial charge in [0.25, 0.3) is 0 Å². The zero-order chi connectivity index (χ0) is 17.9. The molecule has 1 nitrogen and oxygen atoms in total. The van der Waals surface area contributed by atoms with Crippen molar-refractivity contribution in [2.24, 2.45) is 0 Å². The summed E-state index contributed by atoms with van der Waals surface area (Å²) in [6, 6.07) is 7.37. The summed E-state index contributed by atoms with van der Waals surface area (Å²) in [6.07, 6.45) is 15.1. The Morgan fingerprint density at radius 1 is 1.04 bits per heavy atom. The van der Waals surface area contributed by atoms with Crippen molar-refractivity contribution in [1.82, 2.24) is 0 Å². The fourth-order valence-electron chi connectivity index (χ4n) is 2.57. The van der Waals surface area contributed by atoms with Gasteiger partial charge in [0.2, 0.25) is 0 Å². The van der Waals surface area contributed by atoms with E-state index in [9.17, 15) is 5.11 Å². The molecule has 0 aliphatic carbocycles. The van der Waals surface area contributed by atoms with Crippen LogP contribution in [0.4, 0.5) is 0 Å². The molecule has 1 unspecified atom stereocenters. The maximum absolute atomic E-state index is 9.63. The topological polar surface area (TPSA) is 20.2 Å². The van der Waals surface area contributed by atoms with Crippen molar-refractivity contribution < 1.29 is 5.11 Å². The third kappa shape index (κ3) is 5.22. The Bertz CT molecular complexity index is 698. The SMILES string of the molecule is C=C/C=C(\C=C/C)C(/CP)=C(C(/C=C\C)=C/C)\c1ccc(O)cc1. The number of aromatic hydroxyl groups is 1. The van der Waals surface area contributed by atoms with E-state index >= 15 is 0 Å². The van der Waals surface area contributed by atoms with Crippen molar-refractivity contribution in [2.75, 3.05) is 6.16 Å². The minimum Gasteiger partial charge on any atom is -0.508 e. The van der Waals surface area contributed by atoms with Crippen LogP contribution in [0.1, 0.15) is 26.3 Å². The third-order valence-corrected chi connectivity index (χ3v) is 4.01. The molecule has 0 aromatic heterocycles. The van der Waals surface area contributed by atoms with Crippen molar-refractivity contribution >= 4 is 14.8 Å². The first-order valence-electron chi connectivity index (χ1n) is 8.10. The second-order valence-electron chi connectivity index (χ2n) is 5.21. The van der Waals surface area contributed by atoms with Crippen LogP contribution in [0.5, 0.6) is 5.75 Å². The van der Waals surface area contributed by atoms with E-state index < -0.39 is 0 Å². The van der Waals surface area contributed by atoms with Gasteiger partial charge in [-0.3, -0.25) is 0 Å². The molecule has 24 heavy (non-hydrogen) atoms. The van der Waals surface area contributed by atoms with Crippen molar-refractivity contribution in [3.63, 3.8) is 0 Å². The van der Waals surface area contributed by atoms with E-state index in [2.05, 4.69) is 34.0 Å². The summed E-state index contributed by atoms with van der Waals surface area (Å²) in [5.41, 5.74) is 5.75. The van der Waals surface area contributed by atoms with Crippen molar-refractivity contribution in [2.45, 2.75) is 20.8 Å². The van der Waals surface area contributed by atoms with Crippen LogP contribution in [0.25, 0.3) is 5.57 Å². The Hall–Kier alpha value is -2.11. The molecular weight excluding hydrogens is 311 g/mol. The summed E-state index contributed by atoms with van der Waals surface area (Å²) in [4.78, 5) is 0. The number of allylic oxidation sites excluding steroid dienone is 11. The van der Waals surface area contributed by atoms with E-state index in [1.807, 2.05) is 57.2 Å². The summed E-state index contributed by atoms with van der Waals surface area (Å²) in [6.45, 7) is 9.92. The lowest BCUT2D eigenvalue weighted by molar-refractivity contribution is 0.475. The first-order valence-corrected chi connectivity index (χ1v) is 8.92. The Morgan fingerprint density at radius 3 is 2.08 bits per heavy atom. The second-order valence-corrected chi connectivity index (χ2v) is 5.61. The normalized spacial score (nSPS) is 14.3. The summed E-state index contributed by atoms with van der Waals surface area (Å²) in [5.74, 6) is 0.272. The molecule has 0 spiro atoms. The quantitative estimate of drug-likeness (QED) is 0.461. The van der Waals surface area contributed by atoms with Crippen LogP contribution in [-0.2, 0) is 0 Å². The maximum atomic E-state index is 9.63. The highest BCUT2D eigenvalue weighted by molar-refractivity contribution is 7.16. The molecule has 1 aromatic rings. The maximum Gasteiger partial charge on any atom is 0.115 e. The van der Waals surface area contributed by atoms with Gasteiger partial charge in [-0.15, -0.1) is 9.24 Å². The van der Waals surface area contributed by atoms with Gasteiger partial charge >= 0.3 is 0 Å². The summed E-state index contributed by atoms with van der Waals surface area (Å²) >= 11 is 0. The highest BCUT2D eigenvalue weighted by Gasteiger charge is 2.13. The van der Waals surface area contributed by atoms with Crippen molar-refractivity contribution in [3.8, 4) is 5.75 Å². The van der Waals surface area contributed by atoms with Gasteiger partial charge in [0.1, 0.15) is 5.75 Å². The lowest BCUT2D eigenvalue weighted by Gasteiger charge is -2.17. The van der Waals surface area contributed by atoms with Crippen LogP contribution >= 0.6 is 9.24 Å². The van der Waals surface area contributed by atoms with Crippen molar-refractivity contribution in [3.05, 3.63) is 95.7 Å². The Balaban J connectivity index is 3.78. The van der Waals surface area contributed by atoms with Crippen LogP contribution in [0.3, 0.4) is 0 Å².